The summed E-state index contributed by atoms with van der Waals surface area (Å²) < 4.78 is 1.53. The molecular weight excluding hydrogens is 238 g/mol. The lowest BCUT2D eigenvalue weighted by molar-refractivity contribution is 0.0949. The van der Waals surface area contributed by atoms with Crippen molar-refractivity contribution in [3.05, 3.63) is 59.5 Å². The lowest BCUT2D eigenvalue weighted by Crippen LogP contribution is -2.28. The molecule has 4 nitrogen and oxygen atoms in total. The molecule has 0 fully saturated rings. The fourth-order valence-electron chi connectivity index (χ4n) is 1.76. The summed E-state index contributed by atoms with van der Waals surface area (Å²) in [5.41, 5.74) is 1.90. The molecule has 0 atom stereocenters. The zero-order chi connectivity index (χ0) is 13.8. The zero-order valence-corrected chi connectivity index (χ0v) is 11.4. The van der Waals surface area contributed by atoms with E-state index in [0.29, 0.717) is 11.2 Å². The maximum atomic E-state index is 12.4. The Morgan fingerprint density at radius 3 is 2.68 bits per heavy atom. The van der Waals surface area contributed by atoms with Crippen molar-refractivity contribution in [2.45, 2.75) is 26.8 Å². The van der Waals surface area contributed by atoms with Crippen LogP contribution in [0, 0.1) is 6.92 Å². The number of aryl methyl sites for hydroxylation is 1. The summed E-state index contributed by atoms with van der Waals surface area (Å²) >= 11 is 0. The van der Waals surface area contributed by atoms with E-state index in [1.165, 1.54) is 4.57 Å². The highest BCUT2D eigenvalue weighted by atomic mass is 16.2. The van der Waals surface area contributed by atoms with Gasteiger partial charge in [0.25, 0.3) is 5.91 Å². The Kier molecular flexibility index (Phi) is 3.90. The van der Waals surface area contributed by atoms with Crippen molar-refractivity contribution in [2.24, 2.45) is 4.99 Å². The van der Waals surface area contributed by atoms with Crippen LogP contribution in [-0.4, -0.2) is 21.5 Å². The van der Waals surface area contributed by atoms with Gasteiger partial charge in [0.05, 0.1) is 0 Å². The molecule has 0 amide bonds. The fourth-order valence-corrected chi connectivity index (χ4v) is 1.76. The highest BCUT2D eigenvalue weighted by Gasteiger charge is 2.10. The Morgan fingerprint density at radius 1 is 1.21 bits per heavy atom. The minimum absolute atomic E-state index is 0.131. The van der Waals surface area contributed by atoms with Gasteiger partial charge in [-0.1, -0.05) is 12.1 Å². The third-order valence-electron chi connectivity index (χ3n) is 2.56. The molecular formula is C15H17N3O. The van der Waals surface area contributed by atoms with E-state index in [9.17, 15) is 4.79 Å². The Morgan fingerprint density at radius 2 is 2.00 bits per heavy atom. The van der Waals surface area contributed by atoms with Crippen LogP contribution in [-0.2, 0) is 0 Å². The van der Waals surface area contributed by atoms with Crippen molar-refractivity contribution in [3.8, 4) is 0 Å². The minimum atomic E-state index is -0.163. The number of rotatable bonds is 2. The summed E-state index contributed by atoms with van der Waals surface area (Å²) in [6, 6.07) is 11.1. The number of nitrogens with zero attached hydrogens (tertiary/aromatic N) is 3. The van der Waals surface area contributed by atoms with Gasteiger partial charge in [-0.25, -0.2) is 4.98 Å². The smallest absolute Gasteiger partial charge is 0.267 e. The van der Waals surface area contributed by atoms with Crippen molar-refractivity contribution in [3.63, 3.8) is 0 Å². The first kappa shape index (κ1) is 13.2. The van der Waals surface area contributed by atoms with Gasteiger partial charge < -0.3 is 0 Å². The lowest BCUT2D eigenvalue weighted by atomic mass is 10.3. The quantitative estimate of drug-likeness (QED) is 0.825. The van der Waals surface area contributed by atoms with Crippen LogP contribution in [0.1, 0.15) is 30.0 Å². The summed E-state index contributed by atoms with van der Waals surface area (Å²) in [5.74, 6) is -0.163. The van der Waals surface area contributed by atoms with Crippen LogP contribution in [0.2, 0.25) is 0 Å². The molecule has 0 N–H and O–H groups in total. The van der Waals surface area contributed by atoms with Crippen molar-refractivity contribution >= 4 is 5.91 Å². The number of carbonyl (C=O) groups excluding carboxylic acids is 1. The molecule has 0 aliphatic heterocycles. The van der Waals surface area contributed by atoms with Gasteiger partial charge in [-0.2, -0.15) is 0 Å². The molecule has 19 heavy (non-hydrogen) atoms. The monoisotopic (exact) mass is 255 g/mol. The van der Waals surface area contributed by atoms with Crippen LogP contribution in [0.25, 0.3) is 0 Å². The normalized spacial score (nSPS) is 11.9. The standard InChI is InChI=1S/C15H17N3O/c1-11(2)16-14-9-4-5-10-18(14)15(19)13-8-6-7-12(3)17-13/h4-11H,1-3H3. The van der Waals surface area contributed by atoms with E-state index in [0.717, 1.165) is 5.69 Å². The first-order valence-electron chi connectivity index (χ1n) is 6.28. The SMILES string of the molecule is Cc1cccc(C(=O)n2ccccc2=NC(C)C)n1. The number of pyridine rings is 2. The molecule has 98 valence electrons. The molecule has 0 spiro atoms. The molecule has 0 aliphatic rings. The molecule has 0 bridgehead atoms. The summed E-state index contributed by atoms with van der Waals surface area (Å²) in [6.07, 6.45) is 1.72. The highest BCUT2D eigenvalue weighted by Crippen LogP contribution is 2.00. The second-order valence-electron chi connectivity index (χ2n) is 4.62. The Labute approximate surface area is 112 Å². The summed E-state index contributed by atoms with van der Waals surface area (Å²) in [5, 5.41) is 0. The fraction of sp³-hybridized carbons (Fsp3) is 0.267. The van der Waals surface area contributed by atoms with E-state index >= 15 is 0 Å². The maximum Gasteiger partial charge on any atom is 0.282 e. The Bertz CT molecular complexity index is 656. The molecule has 2 rings (SSSR count). The zero-order valence-electron chi connectivity index (χ0n) is 11.4. The molecule has 4 heteroatoms. The third-order valence-corrected chi connectivity index (χ3v) is 2.56. The molecule has 2 aromatic rings. The molecule has 0 saturated heterocycles. The third kappa shape index (κ3) is 3.16. The average Bonchev–Trinajstić information content (AvgIpc) is 2.38. The Hall–Kier alpha value is -2.23. The first-order valence-corrected chi connectivity index (χ1v) is 6.28. The molecule has 0 saturated carbocycles. The van der Waals surface area contributed by atoms with Gasteiger partial charge in [-0.15, -0.1) is 0 Å². The van der Waals surface area contributed by atoms with Crippen molar-refractivity contribution in [1.29, 1.82) is 0 Å². The minimum Gasteiger partial charge on any atom is -0.267 e. The van der Waals surface area contributed by atoms with Gasteiger partial charge in [0, 0.05) is 17.9 Å². The van der Waals surface area contributed by atoms with Crippen molar-refractivity contribution in [1.82, 2.24) is 9.55 Å². The second kappa shape index (κ2) is 5.61. The second-order valence-corrected chi connectivity index (χ2v) is 4.62. The van der Waals surface area contributed by atoms with E-state index in [4.69, 9.17) is 0 Å². The highest BCUT2D eigenvalue weighted by molar-refractivity contribution is 5.93. The van der Waals surface area contributed by atoms with E-state index in [-0.39, 0.29) is 11.9 Å². The number of aromatic nitrogens is 2. The Balaban J connectivity index is 2.51. The predicted molar refractivity (Wildman–Crippen MR) is 73.8 cm³/mol. The van der Waals surface area contributed by atoms with E-state index in [2.05, 4.69) is 9.98 Å². The van der Waals surface area contributed by atoms with Gasteiger partial charge in [0.1, 0.15) is 11.2 Å². The van der Waals surface area contributed by atoms with Gasteiger partial charge in [0.15, 0.2) is 0 Å². The largest absolute Gasteiger partial charge is 0.282 e. The van der Waals surface area contributed by atoms with Gasteiger partial charge in [-0.3, -0.25) is 14.4 Å². The molecule has 0 aliphatic carbocycles. The van der Waals surface area contributed by atoms with E-state index in [1.807, 2.05) is 51.1 Å². The number of hydrogen-bond acceptors (Lipinski definition) is 3. The molecule has 0 unspecified atom stereocenters. The topological polar surface area (TPSA) is 47.2 Å². The van der Waals surface area contributed by atoms with Crippen LogP contribution in [0.5, 0.6) is 0 Å². The summed E-state index contributed by atoms with van der Waals surface area (Å²) in [7, 11) is 0. The summed E-state index contributed by atoms with van der Waals surface area (Å²) in [6.45, 7) is 5.82. The number of carbonyl (C=O) groups is 1. The number of hydrogen-bond donors (Lipinski definition) is 0. The molecule has 0 aromatic carbocycles. The maximum absolute atomic E-state index is 12.4. The van der Waals surface area contributed by atoms with E-state index < -0.39 is 0 Å². The lowest BCUT2D eigenvalue weighted by Gasteiger charge is -2.07. The van der Waals surface area contributed by atoms with Crippen LogP contribution >= 0.6 is 0 Å². The average molecular weight is 255 g/mol. The molecule has 0 radical (unpaired) electrons. The molecule has 2 aromatic heterocycles. The van der Waals surface area contributed by atoms with Crippen LogP contribution in [0.3, 0.4) is 0 Å². The van der Waals surface area contributed by atoms with Gasteiger partial charge >= 0.3 is 0 Å². The van der Waals surface area contributed by atoms with Crippen LogP contribution in [0.4, 0.5) is 0 Å². The predicted octanol–water partition coefficient (Wildman–Crippen LogP) is 2.19. The van der Waals surface area contributed by atoms with Crippen LogP contribution < -0.4 is 5.49 Å². The van der Waals surface area contributed by atoms with E-state index in [1.54, 1.807) is 12.3 Å². The summed E-state index contributed by atoms with van der Waals surface area (Å²) in [4.78, 5) is 21.1. The van der Waals surface area contributed by atoms with Gasteiger partial charge in [0.2, 0.25) is 0 Å². The van der Waals surface area contributed by atoms with Crippen molar-refractivity contribution in [2.75, 3.05) is 0 Å². The van der Waals surface area contributed by atoms with Gasteiger partial charge in [-0.05, 0) is 45.0 Å². The van der Waals surface area contributed by atoms with Crippen molar-refractivity contribution < 1.29 is 4.79 Å². The first-order chi connectivity index (χ1) is 9.08. The van der Waals surface area contributed by atoms with Crippen LogP contribution in [0.15, 0.2) is 47.6 Å². The molecule has 2 heterocycles.